The van der Waals surface area contributed by atoms with Crippen molar-refractivity contribution < 1.29 is 49.0 Å². The van der Waals surface area contributed by atoms with Crippen LogP contribution in [-0.2, 0) is 23.9 Å². The lowest BCUT2D eigenvalue weighted by atomic mass is 10.1. The Hall–Kier alpha value is -3.17. The molecule has 0 saturated carbocycles. The summed E-state index contributed by atoms with van der Waals surface area (Å²) >= 11 is 0. The summed E-state index contributed by atoms with van der Waals surface area (Å²) < 4.78 is 21.6. The first-order valence-corrected chi connectivity index (χ1v) is 11.0. The second-order valence-corrected chi connectivity index (χ2v) is 7.90. The monoisotopic (exact) mass is 502 g/mol. The number of rotatable bonds is 11. The third-order valence-corrected chi connectivity index (χ3v) is 5.50. The number of fused-ring (bicyclic) bond motifs is 1. The van der Waals surface area contributed by atoms with E-state index in [2.05, 4.69) is 13.2 Å². The van der Waals surface area contributed by atoms with E-state index in [0.717, 1.165) is 6.08 Å². The van der Waals surface area contributed by atoms with Crippen LogP contribution >= 0.6 is 0 Å². The molecule has 5 unspecified atom stereocenters. The molecule has 2 saturated heterocycles. The Labute approximate surface area is 206 Å². The Kier molecular flexibility index (Phi) is 8.43. The van der Waals surface area contributed by atoms with Gasteiger partial charge >= 0.3 is 5.97 Å². The fraction of sp³-hybridized carbons (Fsp3) is 0.292. The van der Waals surface area contributed by atoms with E-state index in [0.29, 0.717) is 5.75 Å². The molecule has 0 aromatic heterocycles. The van der Waals surface area contributed by atoms with Crippen LogP contribution in [0.15, 0.2) is 73.8 Å². The third-order valence-electron chi connectivity index (χ3n) is 5.50. The van der Waals surface area contributed by atoms with E-state index < -0.39 is 47.1 Å². The largest absolute Gasteiger partial charge is 0.595 e. The molecular weight excluding hydrogens is 476 g/mol. The Morgan fingerprint density at radius 2 is 1.39 bits per heavy atom. The number of hydrogen-bond acceptors (Lipinski definition) is 10. The summed E-state index contributed by atoms with van der Waals surface area (Å²) in [6, 6.07) is 11.9. The maximum Gasteiger partial charge on any atom is 0.335 e. The Balaban J connectivity index is 1.29. The molecule has 7 atom stereocenters. The molecule has 0 amide bonds. The van der Waals surface area contributed by atoms with Crippen LogP contribution in [0.2, 0.25) is 0 Å². The highest BCUT2D eigenvalue weighted by atomic mass is 16.9. The van der Waals surface area contributed by atoms with Gasteiger partial charge in [-0.05, 0) is 30.3 Å². The van der Waals surface area contributed by atoms with Gasteiger partial charge in [0.2, 0.25) is 6.29 Å². The molecule has 192 valence electrons. The molecule has 0 spiro atoms. The van der Waals surface area contributed by atoms with Gasteiger partial charge in [0.15, 0.2) is 23.6 Å². The molecule has 12 heteroatoms. The van der Waals surface area contributed by atoms with Crippen molar-refractivity contribution in [2.24, 2.45) is 0 Å². The van der Waals surface area contributed by atoms with Crippen LogP contribution in [0, 0.1) is 10.4 Å². The molecule has 4 rings (SSSR count). The summed E-state index contributed by atoms with van der Waals surface area (Å²) in [6.07, 6.45) is -1.43. The number of carbonyl (C=O) groups is 1. The van der Waals surface area contributed by atoms with Crippen LogP contribution in [0.3, 0.4) is 0 Å². The van der Waals surface area contributed by atoms with E-state index in [1.807, 2.05) is 0 Å². The van der Waals surface area contributed by atoms with Crippen molar-refractivity contribution in [2.45, 2.75) is 30.7 Å². The minimum absolute atomic E-state index is 0.0851. The Morgan fingerprint density at radius 3 is 1.83 bits per heavy atom. The Morgan fingerprint density at radius 1 is 0.917 bits per heavy atom. The van der Waals surface area contributed by atoms with Gasteiger partial charge in [-0.25, -0.2) is 4.79 Å². The molecule has 2 fully saturated rings. The Bertz CT molecular complexity index is 1050. The minimum Gasteiger partial charge on any atom is -0.595 e. The van der Waals surface area contributed by atoms with Crippen LogP contribution in [0.4, 0.5) is 11.4 Å². The first-order chi connectivity index (χ1) is 17.4. The number of esters is 1. The van der Waals surface area contributed by atoms with Crippen molar-refractivity contribution in [3.63, 3.8) is 0 Å². The normalized spacial score (nSPS) is 25.4. The highest BCUT2D eigenvalue weighted by Gasteiger charge is 2.52. The summed E-state index contributed by atoms with van der Waals surface area (Å²) in [6.45, 7) is 6.91. The first-order valence-electron chi connectivity index (χ1n) is 11.0. The zero-order valence-electron chi connectivity index (χ0n) is 19.1. The van der Waals surface area contributed by atoms with E-state index in [4.69, 9.17) is 28.6 Å². The lowest BCUT2D eigenvalue weighted by Crippen LogP contribution is -3.02. The molecule has 2 aromatic rings. The topological polar surface area (TPSA) is 148 Å². The lowest BCUT2D eigenvalue weighted by molar-refractivity contribution is -1.00. The average Bonchev–Trinajstić information content (AvgIpc) is 3.47. The van der Waals surface area contributed by atoms with E-state index >= 15 is 0 Å². The molecular formula is C24H26N2O10. The van der Waals surface area contributed by atoms with Gasteiger partial charge in [0, 0.05) is 30.3 Å². The van der Waals surface area contributed by atoms with E-state index in [-0.39, 0.29) is 30.3 Å². The van der Waals surface area contributed by atoms with E-state index in [1.54, 1.807) is 0 Å². The van der Waals surface area contributed by atoms with Crippen molar-refractivity contribution in [3.8, 4) is 11.5 Å². The molecule has 36 heavy (non-hydrogen) atoms. The van der Waals surface area contributed by atoms with Gasteiger partial charge in [-0.2, -0.15) is 20.1 Å². The van der Waals surface area contributed by atoms with Gasteiger partial charge in [0.1, 0.15) is 23.7 Å². The van der Waals surface area contributed by atoms with Crippen LogP contribution in [-0.4, -0.2) is 55.0 Å². The van der Waals surface area contributed by atoms with Gasteiger partial charge in [-0.1, -0.05) is 13.2 Å². The van der Waals surface area contributed by atoms with E-state index in [9.17, 15) is 20.3 Å². The van der Waals surface area contributed by atoms with Crippen molar-refractivity contribution in [1.82, 2.24) is 0 Å². The number of quaternary nitrogens is 2. The quantitative estimate of drug-likeness (QED) is 0.0941. The van der Waals surface area contributed by atoms with Crippen molar-refractivity contribution >= 4 is 17.3 Å². The van der Waals surface area contributed by atoms with Gasteiger partial charge in [-0.15, -0.1) is 0 Å². The predicted octanol–water partition coefficient (Wildman–Crippen LogP) is -0.212. The predicted molar refractivity (Wildman–Crippen MR) is 123 cm³/mol. The minimum atomic E-state index is -1.15. The number of nitrogens with one attached hydrogen (secondary N) is 2. The lowest BCUT2D eigenvalue weighted by Gasteiger charge is -2.25. The maximum absolute atomic E-state index is 12.6. The summed E-state index contributed by atoms with van der Waals surface area (Å²) in [7, 11) is 0. The average molecular weight is 502 g/mol. The summed E-state index contributed by atoms with van der Waals surface area (Å²) in [5.41, 5.74) is 0.535. The van der Waals surface area contributed by atoms with Gasteiger partial charge in [0.25, 0.3) is 0 Å². The number of benzene rings is 2. The van der Waals surface area contributed by atoms with E-state index in [1.165, 1.54) is 54.6 Å². The maximum atomic E-state index is 12.6. The number of carbonyl (C=O) groups excluding carboxylic acids is 1. The standard InChI is InChI=1S/C24H26N2O10/c1-3-21(27)33-17-9-5-15(6-10-17)25(29)35-19-13-31-24-20(14-32-23(19)24)36-26(30)16-7-11-18(12-8-16)34-22(28)4-2/h3-12,19-21,23-27H,1-2,13-14H2/t19-,20+,21?,23?,24?/m1/s1. The highest BCUT2D eigenvalue weighted by Crippen LogP contribution is 2.29. The summed E-state index contributed by atoms with van der Waals surface area (Å²) in [5.74, 6) is 0.0166. The van der Waals surface area contributed by atoms with Crippen LogP contribution in [0.5, 0.6) is 11.5 Å². The molecule has 0 bridgehead atoms. The molecule has 3 N–H and O–H groups in total. The zero-order valence-corrected chi connectivity index (χ0v) is 19.1. The molecule has 2 aromatic carbocycles. The molecule has 12 nitrogen and oxygen atoms in total. The molecule has 2 heterocycles. The van der Waals surface area contributed by atoms with Crippen molar-refractivity contribution in [3.05, 3.63) is 84.3 Å². The second-order valence-electron chi connectivity index (χ2n) is 7.90. The summed E-state index contributed by atoms with van der Waals surface area (Å²) in [5, 5.41) is 33.4. The molecule has 0 radical (unpaired) electrons. The van der Waals surface area contributed by atoms with Crippen LogP contribution < -0.4 is 19.9 Å². The van der Waals surface area contributed by atoms with Crippen molar-refractivity contribution in [2.75, 3.05) is 13.2 Å². The highest BCUT2D eigenvalue weighted by molar-refractivity contribution is 5.83. The van der Waals surface area contributed by atoms with Gasteiger partial charge in [-0.3, -0.25) is 0 Å². The van der Waals surface area contributed by atoms with Crippen LogP contribution in [0.1, 0.15) is 0 Å². The number of aliphatic hydroxyl groups excluding tert-OH is 1. The molecule has 2 aliphatic rings. The van der Waals surface area contributed by atoms with Gasteiger partial charge < -0.3 is 34.5 Å². The summed E-state index contributed by atoms with van der Waals surface area (Å²) in [4.78, 5) is 22.4. The second kappa shape index (κ2) is 11.7. The third kappa shape index (κ3) is 6.14. The van der Waals surface area contributed by atoms with Crippen LogP contribution in [0.25, 0.3) is 0 Å². The molecule has 2 aliphatic heterocycles. The SMILES string of the molecule is C=CC(=O)Oc1ccc([NH+]([O-])O[C@H]2COC3C2OC[C@H]3O[NH+]([O-])c2ccc(OC(O)C=C)cc2)cc1. The van der Waals surface area contributed by atoms with Crippen molar-refractivity contribution in [1.29, 1.82) is 0 Å². The number of ether oxygens (including phenoxy) is 4. The fourth-order valence-corrected chi connectivity index (χ4v) is 3.72. The molecule has 0 aliphatic carbocycles. The smallest absolute Gasteiger partial charge is 0.335 e. The number of aliphatic hydroxyl groups is 1. The zero-order chi connectivity index (χ0) is 25.7. The van der Waals surface area contributed by atoms with Gasteiger partial charge in [0.05, 0.1) is 13.2 Å². The fourth-order valence-electron chi connectivity index (χ4n) is 3.72. The first kappa shape index (κ1) is 25.9. The number of hydrogen-bond donors (Lipinski definition) is 3.